The molecule has 0 unspecified atom stereocenters. The summed E-state index contributed by atoms with van der Waals surface area (Å²) in [6.07, 6.45) is 2.25. The van der Waals surface area contributed by atoms with Crippen LogP contribution >= 0.6 is 0 Å². The SMILES string of the molecule is O=C(N[C@H]1CCCCNC1=O)c1cc(-c2ccccc2F)nc2cc(-c3ccccc3)nn12. The lowest BCUT2D eigenvalue weighted by Gasteiger charge is -2.16. The van der Waals surface area contributed by atoms with Gasteiger partial charge in [0.05, 0.1) is 11.4 Å². The number of amides is 2. The standard InChI is InChI=1S/C25H22FN5O2/c26-18-11-5-4-10-17(18)21-14-22(25(33)29-19-12-6-7-13-27-24(19)32)31-23(28-21)15-20(30-31)16-8-2-1-3-9-16/h1-5,8-11,14-15,19H,6-7,12-13H2,(H,27,32)(H,29,33)/t19-/m0/s1. The average Bonchev–Trinajstić information content (AvgIpc) is 3.17. The first kappa shape index (κ1) is 20.8. The molecule has 0 bridgehead atoms. The van der Waals surface area contributed by atoms with Crippen LogP contribution in [-0.4, -0.2) is 39.0 Å². The lowest BCUT2D eigenvalue weighted by molar-refractivity contribution is -0.122. The van der Waals surface area contributed by atoms with Crippen LogP contribution in [-0.2, 0) is 4.79 Å². The summed E-state index contributed by atoms with van der Waals surface area (Å²) < 4.78 is 16.0. The Morgan fingerprint density at radius 3 is 2.64 bits per heavy atom. The van der Waals surface area contributed by atoms with E-state index >= 15 is 0 Å². The number of halogens is 1. The van der Waals surface area contributed by atoms with Gasteiger partial charge >= 0.3 is 0 Å². The van der Waals surface area contributed by atoms with E-state index < -0.39 is 17.8 Å². The summed E-state index contributed by atoms with van der Waals surface area (Å²) in [6, 6.07) is 18.4. The van der Waals surface area contributed by atoms with Crippen LogP contribution in [0.5, 0.6) is 0 Å². The van der Waals surface area contributed by atoms with Crippen molar-refractivity contribution in [3.05, 3.63) is 78.2 Å². The summed E-state index contributed by atoms with van der Waals surface area (Å²) in [5.74, 6) is -1.11. The van der Waals surface area contributed by atoms with Gasteiger partial charge in [-0.3, -0.25) is 9.59 Å². The minimum absolute atomic E-state index is 0.178. The molecule has 166 valence electrons. The van der Waals surface area contributed by atoms with Crippen LogP contribution in [0.15, 0.2) is 66.7 Å². The quantitative estimate of drug-likeness (QED) is 0.505. The summed E-state index contributed by atoms with van der Waals surface area (Å²) in [7, 11) is 0. The molecular formula is C25H22FN5O2. The summed E-state index contributed by atoms with van der Waals surface area (Å²) in [5.41, 5.74) is 2.68. The Hall–Kier alpha value is -4.07. The highest BCUT2D eigenvalue weighted by Crippen LogP contribution is 2.25. The van der Waals surface area contributed by atoms with E-state index in [0.29, 0.717) is 30.0 Å². The van der Waals surface area contributed by atoms with Crippen LogP contribution in [0, 0.1) is 5.82 Å². The van der Waals surface area contributed by atoms with E-state index in [1.165, 1.54) is 16.6 Å². The van der Waals surface area contributed by atoms with Crippen molar-refractivity contribution in [3.63, 3.8) is 0 Å². The van der Waals surface area contributed by atoms with Crippen LogP contribution in [0.3, 0.4) is 0 Å². The largest absolute Gasteiger partial charge is 0.354 e. The average molecular weight is 443 g/mol. The van der Waals surface area contributed by atoms with Gasteiger partial charge in [0.15, 0.2) is 5.65 Å². The summed E-state index contributed by atoms with van der Waals surface area (Å²) in [5, 5.41) is 10.2. The first-order valence-electron chi connectivity index (χ1n) is 10.9. The van der Waals surface area contributed by atoms with E-state index in [1.54, 1.807) is 24.3 Å². The minimum atomic E-state index is -0.635. The zero-order valence-electron chi connectivity index (χ0n) is 17.8. The molecule has 7 nitrogen and oxygen atoms in total. The molecule has 1 atom stereocenters. The van der Waals surface area contributed by atoms with Crippen molar-refractivity contribution in [1.29, 1.82) is 0 Å². The van der Waals surface area contributed by atoms with Gasteiger partial charge in [-0.1, -0.05) is 42.5 Å². The highest BCUT2D eigenvalue weighted by Gasteiger charge is 2.25. The van der Waals surface area contributed by atoms with Crippen molar-refractivity contribution in [2.24, 2.45) is 0 Å². The van der Waals surface area contributed by atoms with Gasteiger partial charge < -0.3 is 10.6 Å². The van der Waals surface area contributed by atoms with Gasteiger partial charge in [-0.25, -0.2) is 13.9 Å². The van der Waals surface area contributed by atoms with Gasteiger partial charge in [0.1, 0.15) is 17.6 Å². The molecule has 3 heterocycles. The van der Waals surface area contributed by atoms with Crippen LogP contribution in [0.1, 0.15) is 29.8 Å². The van der Waals surface area contributed by atoms with Gasteiger partial charge in [0.2, 0.25) is 5.91 Å². The number of hydrogen-bond donors (Lipinski definition) is 2. The fraction of sp³-hybridized carbons (Fsp3) is 0.200. The van der Waals surface area contributed by atoms with Crippen molar-refractivity contribution in [2.75, 3.05) is 6.54 Å². The predicted molar refractivity (Wildman–Crippen MR) is 122 cm³/mol. The van der Waals surface area contributed by atoms with Crippen LogP contribution in [0.25, 0.3) is 28.2 Å². The molecule has 0 aliphatic carbocycles. The van der Waals surface area contributed by atoms with Gasteiger partial charge in [-0.2, -0.15) is 5.10 Å². The lowest BCUT2D eigenvalue weighted by atomic mass is 10.1. The number of benzene rings is 2. The maximum Gasteiger partial charge on any atom is 0.270 e. The second kappa shape index (κ2) is 8.82. The Morgan fingerprint density at radius 2 is 1.82 bits per heavy atom. The third-order valence-corrected chi connectivity index (χ3v) is 5.72. The highest BCUT2D eigenvalue weighted by molar-refractivity contribution is 5.97. The van der Waals surface area contributed by atoms with E-state index in [4.69, 9.17) is 0 Å². The topological polar surface area (TPSA) is 88.4 Å². The molecule has 0 radical (unpaired) electrons. The van der Waals surface area contributed by atoms with E-state index in [-0.39, 0.29) is 17.2 Å². The lowest BCUT2D eigenvalue weighted by Crippen LogP contribution is -2.45. The van der Waals surface area contributed by atoms with Crippen molar-refractivity contribution in [3.8, 4) is 22.5 Å². The normalized spacial score (nSPS) is 16.3. The number of nitrogens with one attached hydrogen (secondary N) is 2. The van der Waals surface area contributed by atoms with Crippen molar-refractivity contribution < 1.29 is 14.0 Å². The predicted octanol–water partition coefficient (Wildman–Crippen LogP) is 3.60. The molecule has 1 aliphatic rings. The maximum absolute atomic E-state index is 14.5. The Bertz CT molecular complexity index is 1340. The smallest absolute Gasteiger partial charge is 0.270 e. The Labute approximate surface area is 189 Å². The number of aromatic nitrogens is 3. The van der Waals surface area contributed by atoms with E-state index in [1.807, 2.05) is 30.3 Å². The molecule has 2 aromatic heterocycles. The van der Waals surface area contributed by atoms with Crippen molar-refractivity contribution in [1.82, 2.24) is 25.2 Å². The zero-order valence-corrected chi connectivity index (χ0v) is 17.8. The minimum Gasteiger partial charge on any atom is -0.354 e. The van der Waals surface area contributed by atoms with Crippen molar-refractivity contribution in [2.45, 2.75) is 25.3 Å². The molecule has 0 saturated carbocycles. The van der Waals surface area contributed by atoms with Gasteiger partial charge in [0, 0.05) is 23.7 Å². The second-order valence-corrected chi connectivity index (χ2v) is 7.98. The molecule has 2 aromatic carbocycles. The Kier molecular flexibility index (Phi) is 5.56. The van der Waals surface area contributed by atoms with Gasteiger partial charge in [-0.15, -0.1) is 0 Å². The first-order chi connectivity index (χ1) is 16.1. The van der Waals surface area contributed by atoms with Gasteiger partial charge in [-0.05, 0) is 37.5 Å². The Balaban J connectivity index is 1.61. The summed E-state index contributed by atoms with van der Waals surface area (Å²) in [6.45, 7) is 0.599. The molecule has 5 rings (SSSR count). The number of fused-ring (bicyclic) bond motifs is 1. The van der Waals surface area contributed by atoms with Crippen LogP contribution in [0.4, 0.5) is 4.39 Å². The number of rotatable bonds is 4. The number of carbonyl (C=O) groups excluding carboxylic acids is 2. The maximum atomic E-state index is 14.5. The summed E-state index contributed by atoms with van der Waals surface area (Å²) in [4.78, 5) is 30.3. The fourth-order valence-corrected chi connectivity index (χ4v) is 4.00. The molecule has 1 aliphatic heterocycles. The van der Waals surface area contributed by atoms with Crippen LogP contribution < -0.4 is 10.6 Å². The van der Waals surface area contributed by atoms with Gasteiger partial charge in [0.25, 0.3) is 5.91 Å². The Morgan fingerprint density at radius 1 is 1.03 bits per heavy atom. The monoisotopic (exact) mass is 443 g/mol. The number of hydrogen-bond acceptors (Lipinski definition) is 4. The second-order valence-electron chi connectivity index (χ2n) is 7.98. The highest BCUT2D eigenvalue weighted by atomic mass is 19.1. The molecular weight excluding hydrogens is 421 g/mol. The molecule has 4 aromatic rings. The van der Waals surface area contributed by atoms with E-state index in [9.17, 15) is 14.0 Å². The third-order valence-electron chi connectivity index (χ3n) is 5.72. The van der Waals surface area contributed by atoms with E-state index in [2.05, 4.69) is 20.7 Å². The molecule has 33 heavy (non-hydrogen) atoms. The first-order valence-corrected chi connectivity index (χ1v) is 10.9. The molecule has 2 N–H and O–H groups in total. The van der Waals surface area contributed by atoms with Crippen molar-refractivity contribution >= 4 is 17.5 Å². The molecule has 1 fully saturated rings. The molecule has 0 spiro atoms. The summed E-state index contributed by atoms with van der Waals surface area (Å²) >= 11 is 0. The number of nitrogens with zero attached hydrogens (tertiary/aromatic N) is 3. The molecule has 1 saturated heterocycles. The fourth-order valence-electron chi connectivity index (χ4n) is 4.00. The zero-order chi connectivity index (χ0) is 22.8. The number of carbonyl (C=O) groups is 2. The third kappa shape index (κ3) is 4.19. The molecule has 8 heteroatoms. The van der Waals surface area contributed by atoms with Crippen LogP contribution in [0.2, 0.25) is 0 Å². The van der Waals surface area contributed by atoms with E-state index in [0.717, 1.165) is 18.4 Å². The molecule has 2 amide bonds.